The van der Waals surface area contributed by atoms with Crippen molar-refractivity contribution in [2.75, 3.05) is 0 Å². The van der Waals surface area contributed by atoms with Crippen LogP contribution in [0.2, 0.25) is 0 Å². The summed E-state index contributed by atoms with van der Waals surface area (Å²) in [4.78, 5) is 0. The Balaban J connectivity index is 0.00000544. The van der Waals surface area contributed by atoms with Crippen LogP contribution in [0, 0.1) is 13.8 Å². The Labute approximate surface area is 213 Å². The van der Waals surface area contributed by atoms with E-state index in [0.29, 0.717) is 0 Å². The summed E-state index contributed by atoms with van der Waals surface area (Å²) in [5.74, 6) is 0. The highest BCUT2D eigenvalue weighted by atomic mass is 35.5. The van der Waals surface area contributed by atoms with Gasteiger partial charge in [-0.05, 0) is 44.6 Å². The summed E-state index contributed by atoms with van der Waals surface area (Å²) in [7, 11) is 0. The molecule has 192 valence electrons. The summed E-state index contributed by atoms with van der Waals surface area (Å²) in [5.41, 5.74) is 8.42. The van der Waals surface area contributed by atoms with Crippen molar-refractivity contribution in [1.29, 1.82) is 0 Å². The third-order valence-corrected chi connectivity index (χ3v) is 8.03. The van der Waals surface area contributed by atoms with Gasteiger partial charge >= 0.3 is 0 Å². The van der Waals surface area contributed by atoms with Crippen LogP contribution in [0.15, 0.2) is 0 Å². The number of nitrogens with zero attached hydrogens (tertiary/aromatic N) is 1. The van der Waals surface area contributed by atoms with E-state index in [1.165, 1.54) is 141 Å². The van der Waals surface area contributed by atoms with Crippen LogP contribution in [-0.2, 0) is 25.8 Å². The monoisotopic (exact) mass is 477 g/mol. The van der Waals surface area contributed by atoms with Crippen molar-refractivity contribution < 1.29 is 17.0 Å². The lowest BCUT2D eigenvalue weighted by Gasteiger charge is -2.21. The van der Waals surface area contributed by atoms with E-state index >= 15 is 0 Å². The quantitative estimate of drug-likeness (QED) is 0.172. The maximum atomic E-state index is 2.73. The Bertz CT molecular complexity index is 637. The highest BCUT2D eigenvalue weighted by Crippen LogP contribution is 2.26. The molecule has 2 rings (SSSR count). The Morgan fingerprint density at radius 3 is 1.55 bits per heavy atom. The molecule has 0 spiro atoms. The molecule has 0 bridgehead atoms. The number of halogens is 1. The molecule has 0 atom stereocenters. The van der Waals surface area contributed by atoms with E-state index in [-0.39, 0.29) is 12.4 Å². The van der Waals surface area contributed by atoms with Crippen LogP contribution in [0.25, 0.3) is 0 Å². The van der Waals surface area contributed by atoms with Gasteiger partial charge in [-0.1, -0.05) is 104 Å². The number of fused-ring (bicyclic) bond motifs is 1. The zero-order valence-corrected chi connectivity index (χ0v) is 23.6. The Morgan fingerprint density at radius 2 is 1.03 bits per heavy atom. The zero-order chi connectivity index (χ0) is 23.0. The molecular weight excluding hydrogens is 422 g/mol. The number of unbranched alkanes of at least 4 members (excludes halogenated alkanes) is 14. The molecule has 0 amide bonds. The summed E-state index contributed by atoms with van der Waals surface area (Å²) in [5, 5.41) is 0. The van der Waals surface area contributed by atoms with Crippen LogP contribution in [-0.4, -0.2) is 0 Å². The second kappa shape index (κ2) is 18.7. The van der Waals surface area contributed by atoms with E-state index in [1.807, 2.05) is 0 Å². The van der Waals surface area contributed by atoms with Gasteiger partial charge in [0, 0.05) is 30.9 Å². The number of aromatic nitrogens is 1. The SMILES string of the molecule is CCCCCCCCCCc1c(C)c(CCCCCCCCCC)c2[n+](c1C)CCCC2.[Cl-]. The zero-order valence-electron chi connectivity index (χ0n) is 22.9. The topological polar surface area (TPSA) is 3.88 Å². The standard InChI is InChI=1S/C31H56N.ClH/c1-5-7-9-11-13-15-17-19-23-29-27(3)30(24-20-18-16-14-12-10-8-6-2)31-25-21-22-26-32(31)28(29)4;/h5-26H2,1-4H3;1H/q+1;/p-1. The Hall–Kier alpha value is -0.560. The second-order valence-corrected chi connectivity index (χ2v) is 10.7. The van der Waals surface area contributed by atoms with Crippen molar-refractivity contribution in [3.05, 3.63) is 28.1 Å². The summed E-state index contributed by atoms with van der Waals surface area (Å²) in [6.07, 6.45) is 29.4. The molecule has 1 aromatic heterocycles. The van der Waals surface area contributed by atoms with Crippen molar-refractivity contribution in [2.24, 2.45) is 0 Å². The molecule has 1 aliphatic rings. The average molecular weight is 478 g/mol. The summed E-state index contributed by atoms with van der Waals surface area (Å²) < 4.78 is 2.73. The first-order valence-corrected chi connectivity index (χ1v) is 14.7. The minimum atomic E-state index is 0. The van der Waals surface area contributed by atoms with Crippen molar-refractivity contribution in [3.8, 4) is 0 Å². The van der Waals surface area contributed by atoms with Crippen LogP contribution >= 0.6 is 0 Å². The summed E-state index contributed by atoms with van der Waals surface area (Å²) in [6, 6.07) is 0. The minimum absolute atomic E-state index is 0. The lowest BCUT2D eigenvalue weighted by molar-refractivity contribution is -0.715. The molecule has 0 aromatic carbocycles. The first-order chi connectivity index (χ1) is 15.7. The van der Waals surface area contributed by atoms with Gasteiger partial charge in [0.05, 0.1) is 0 Å². The first-order valence-electron chi connectivity index (χ1n) is 14.7. The molecule has 0 unspecified atom stereocenters. The molecule has 0 fully saturated rings. The second-order valence-electron chi connectivity index (χ2n) is 10.7. The van der Waals surface area contributed by atoms with Gasteiger partial charge in [0.1, 0.15) is 6.54 Å². The fourth-order valence-electron chi connectivity index (χ4n) is 5.92. The van der Waals surface area contributed by atoms with Crippen LogP contribution in [0.3, 0.4) is 0 Å². The molecule has 2 heterocycles. The fourth-order valence-corrected chi connectivity index (χ4v) is 5.92. The molecule has 0 saturated carbocycles. The van der Waals surface area contributed by atoms with E-state index in [1.54, 1.807) is 28.1 Å². The summed E-state index contributed by atoms with van der Waals surface area (Å²) in [6.45, 7) is 10.8. The molecular formula is C31H56ClN. The van der Waals surface area contributed by atoms with E-state index in [2.05, 4.69) is 32.3 Å². The largest absolute Gasteiger partial charge is 1.00 e. The Morgan fingerprint density at radius 1 is 0.576 bits per heavy atom. The molecule has 33 heavy (non-hydrogen) atoms. The lowest BCUT2D eigenvalue weighted by Crippen LogP contribution is -3.00. The van der Waals surface area contributed by atoms with E-state index in [4.69, 9.17) is 0 Å². The van der Waals surface area contributed by atoms with Crippen LogP contribution in [0.4, 0.5) is 0 Å². The minimum Gasteiger partial charge on any atom is -1.00 e. The van der Waals surface area contributed by atoms with Gasteiger partial charge in [0.15, 0.2) is 11.4 Å². The predicted molar refractivity (Wildman–Crippen MR) is 142 cm³/mol. The van der Waals surface area contributed by atoms with Crippen molar-refractivity contribution in [1.82, 2.24) is 0 Å². The van der Waals surface area contributed by atoms with E-state index < -0.39 is 0 Å². The molecule has 0 N–H and O–H groups in total. The van der Waals surface area contributed by atoms with Gasteiger partial charge in [-0.15, -0.1) is 0 Å². The van der Waals surface area contributed by atoms with Crippen molar-refractivity contribution in [2.45, 2.75) is 169 Å². The van der Waals surface area contributed by atoms with E-state index in [0.717, 1.165) is 0 Å². The number of hydrogen-bond acceptors (Lipinski definition) is 0. The van der Waals surface area contributed by atoms with Gasteiger partial charge < -0.3 is 12.4 Å². The molecule has 1 aromatic rings. The van der Waals surface area contributed by atoms with Crippen molar-refractivity contribution in [3.63, 3.8) is 0 Å². The highest BCUT2D eigenvalue weighted by molar-refractivity contribution is 5.37. The fraction of sp³-hybridized carbons (Fsp3) is 0.839. The number of hydrogen-bond donors (Lipinski definition) is 0. The summed E-state index contributed by atoms with van der Waals surface area (Å²) >= 11 is 0. The van der Waals surface area contributed by atoms with Gasteiger partial charge in [0.2, 0.25) is 0 Å². The Kier molecular flexibility index (Phi) is 17.3. The highest BCUT2D eigenvalue weighted by Gasteiger charge is 2.27. The number of pyridine rings is 1. The van der Waals surface area contributed by atoms with Crippen LogP contribution < -0.4 is 17.0 Å². The molecule has 0 aliphatic carbocycles. The van der Waals surface area contributed by atoms with Gasteiger partial charge in [-0.2, -0.15) is 4.57 Å². The first kappa shape index (κ1) is 30.5. The lowest BCUT2D eigenvalue weighted by atomic mass is 9.89. The third-order valence-electron chi connectivity index (χ3n) is 8.03. The maximum absolute atomic E-state index is 2.73. The molecule has 1 nitrogen and oxygen atoms in total. The third kappa shape index (κ3) is 10.7. The van der Waals surface area contributed by atoms with Crippen LogP contribution in [0.1, 0.15) is 158 Å². The van der Waals surface area contributed by atoms with Gasteiger partial charge in [-0.3, -0.25) is 0 Å². The normalized spacial score (nSPS) is 13.1. The molecule has 0 saturated heterocycles. The average Bonchev–Trinajstić information content (AvgIpc) is 2.81. The van der Waals surface area contributed by atoms with Crippen molar-refractivity contribution >= 4 is 0 Å². The number of rotatable bonds is 18. The predicted octanol–water partition coefficient (Wildman–Crippen LogP) is 6.30. The van der Waals surface area contributed by atoms with Gasteiger partial charge in [0.25, 0.3) is 0 Å². The maximum Gasteiger partial charge on any atom is 0.185 e. The van der Waals surface area contributed by atoms with Crippen LogP contribution in [0.5, 0.6) is 0 Å². The van der Waals surface area contributed by atoms with E-state index in [9.17, 15) is 0 Å². The molecule has 1 aliphatic heterocycles. The molecule has 0 radical (unpaired) electrons. The van der Waals surface area contributed by atoms with Gasteiger partial charge in [-0.25, -0.2) is 0 Å². The molecule has 2 heteroatoms. The smallest absolute Gasteiger partial charge is 0.185 e.